The van der Waals surface area contributed by atoms with Crippen LogP contribution in [-0.4, -0.2) is 84.8 Å². The van der Waals surface area contributed by atoms with Crippen molar-refractivity contribution in [3.8, 4) is 11.5 Å². The lowest BCUT2D eigenvalue weighted by Gasteiger charge is -2.44. The molecule has 0 radical (unpaired) electrons. The molecule has 3 saturated heterocycles. The van der Waals surface area contributed by atoms with Crippen LogP contribution in [0.25, 0.3) is 0 Å². The molecule has 3 fully saturated rings. The molecule has 11 nitrogen and oxygen atoms in total. The van der Waals surface area contributed by atoms with Crippen LogP contribution >= 0.6 is 0 Å². The Labute approximate surface area is 261 Å². The lowest BCUT2D eigenvalue weighted by atomic mass is 9.92. The number of alkyl halides is 3. The number of hydrogen-bond acceptors (Lipinski definition) is 9. The largest absolute Gasteiger partial charge is 0.573 e. The molecule has 0 aliphatic carbocycles. The topological polar surface area (TPSA) is 120 Å². The number of amides is 1. The predicted octanol–water partition coefficient (Wildman–Crippen LogP) is 4.15. The standard InChI is InChI=1S/C30H39F3N4O7S/c31-30(32,33)43-26-9-7-24(8-10-26)42-25-11-16-37(17-12-25)45(39,40)29(21-27(38)35-44-28-6-2-4-20-41-28)13-18-36(19-14-29)22-23-5-1-3-15-34-23/h1,3,5,7-10,15,25,28H,2,4,6,11-14,16-22H2,(H,35,38). The lowest BCUT2D eigenvalue weighted by Crippen LogP contribution is -2.57. The van der Waals surface area contributed by atoms with E-state index in [9.17, 15) is 26.4 Å². The molecule has 1 aromatic carbocycles. The van der Waals surface area contributed by atoms with Crippen LogP contribution in [0.2, 0.25) is 0 Å². The maximum absolute atomic E-state index is 14.3. The van der Waals surface area contributed by atoms with Crippen molar-refractivity contribution < 1.29 is 45.4 Å². The van der Waals surface area contributed by atoms with Crippen LogP contribution in [0.5, 0.6) is 11.5 Å². The highest BCUT2D eigenvalue weighted by atomic mass is 32.2. The molecule has 0 saturated carbocycles. The average Bonchev–Trinajstić information content (AvgIpc) is 3.02. The highest BCUT2D eigenvalue weighted by molar-refractivity contribution is 7.90. The number of likely N-dealkylation sites (tertiary alicyclic amines) is 1. The molecule has 3 aliphatic rings. The molecule has 3 aliphatic heterocycles. The monoisotopic (exact) mass is 656 g/mol. The zero-order valence-corrected chi connectivity index (χ0v) is 25.7. The Morgan fingerprint density at radius 2 is 1.71 bits per heavy atom. The Bertz CT molecular complexity index is 1340. The number of sulfonamides is 1. The Kier molecular flexibility index (Phi) is 10.9. The van der Waals surface area contributed by atoms with E-state index in [1.807, 2.05) is 18.2 Å². The Hall–Kier alpha value is -2.98. The van der Waals surface area contributed by atoms with Crippen molar-refractivity contribution in [1.82, 2.24) is 19.7 Å². The molecule has 4 heterocycles. The molecule has 45 heavy (non-hydrogen) atoms. The fourth-order valence-electron chi connectivity index (χ4n) is 6.01. The first-order valence-electron chi connectivity index (χ1n) is 15.2. The fourth-order valence-corrected chi connectivity index (χ4v) is 8.26. The molecule has 0 spiro atoms. The van der Waals surface area contributed by atoms with Gasteiger partial charge in [-0.2, -0.15) is 0 Å². The third-order valence-electron chi connectivity index (χ3n) is 8.45. The zero-order valence-electron chi connectivity index (χ0n) is 24.9. The van der Waals surface area contributed by atoms with E-state index in [1.165, 1.54) is 28.6 Å². The zero-order chi connectivity index (χ0) is 31.9. The minimum Gasteiger partial charge on any atom is -0.490 e. The first kappa shape index (κ1) is 33.4. The molecule has 0 bridgehead atoms. The molecule has 248 valence electrons. The quantitative estimate of drug-likeness (QED) is 0.356. The maximum Gasteiger partial charge on any atom is 0.573 e. The third-order valence-corrected chi connectivity index (χ3v) is 11.1. The summed E-state index contributed by atoms with van der Waals surface area (Å²) in [7, 11) is -3.94. The Balaban J connectivity index is 1.21. The first-order chi connectivity index (χ1) is 21.5. The molecular formula is C30H39F3N4O7S. The number of piperidine rings is 2. The van der Waals surface area contributed by atoms with Gasteiger partial charge < -0.3 is 14.2 Å². The summed E-state index contributed by atoms with van der Waals surface area (Å²) in [5, 5.41) is 0. The SMILES string of the molecule is O=C(CC1(S(=O)(=O)N2CCC(Oc3ccc(OC(F)(F)F)cc3)CC2)CCN(Cc2ccccn2)CC1)NOC1CCCCO1. The van der Waals surface area contributed by atoms with Gasteiger partial charge in [0.25, 0.3) is 0 Å². The van der Waals surface area contributed by atoms with E-state index in [0.717, 1.165) is 18.5 Å². The smallest absolute Gasteiger partial charge is 0.490 e. The summed E-state index contributed by atoms with van der Waals surface area (Å²) in [6.07, 6.45) is -0.404. The molecule has 15 heteroatoms. The number of rotatable bonds is 11. The molecule has 2 aromatic rings. The molecule has 1 unspecified atom stereocenters. The molecule has 5 rings (SSSR count). The lowest BCUT2D eigenvalue weighted by molar-refractivity contribution is -0.274. The summed E-state index contributed by atoms with van der Waals surface area (Å²) < 4.78 is 81.4. The van der Waals surface area contributed by atoms with Gasteiger partial charge in [-0.05, 0) is 74.9 Å². The van der Waals surface area contributed by atoms with E-state index >= 15 is 0 Å². The van der Waals surface area contributed by atoms with Gasteiger partial charge in [0, 0.05) is 58.4 Å². The van der Waals surface area contributed by atoms with Crippen molar-refractivity contribution in [3.63, 3.8) is 0 Å². The molecule has 1 N–H and O–H groups in total. The van der Waals surface area contributed by atoms with E-state index in [2.05, 4.69) is 20.1 Å². The van der Waals surface area contributed by atoms with E-state index in [0.29, 0.717) is 51.3 Å². The van der Waals surface area contributed by atoms with E-state index in [4.69, 9.17) is 14.3 Å². The third kappa shape index (κ3) is 9.06. The van der Waals surface area contributed by atoms with E-state index in [-0.39, 0.29) is 44.2 Å². The number of carbonyl (C=O) groups excluding carboxylic acids is 1. The van der Waals surface area contributed by atoms with Crippen molar-refractivity contribution in [2.45, 2.75) is 81.4 Å². The summed E-state index contributed by atoms with van der Waals surface area (Å²) in [5.41, 5.74) is 3.32. The van der Waals surface area contributed by atoms with Crippen LogP contribution in [0.1, 0.15) is 57.1 Å². The molecule has 1 amide bonds. The summed E-state index contributed by atoms with van der Waals surface area (Å²) >= 11 is 0. The van der Waals surface area contributed by atoms with Gasteiger partial charge in [0.2, 0.25) is 15.9 Å². The molecular weight excluding hydrogens is 617 g/mol. The van der Waals surface area contributed by atoms with Crippen LogP contribution in [0.3, 0.4) is 0 Å². The highest BCUT2D eigenvalue weighted by Gasteiger charge is 2.51. The average molecular weight is 657 g/mol. The normalized spacial score (nSPS) is 22.1. The number of aromatic nitrogens is 1. The molecule has 1 aromatic heterocycles. The number of ether oxygens (including phenoxy) is 3. The van der Waals surface area contributed by atoms with Gasteiger partial charge in [-0.3, -0.25) is 14.7 Å². The second-order valence-electron chi connectivity index (χ2n) is 11.6. The molecule has 1 atom stereocenters. The Morgan fingerprint density at radius 3 is 2.33 bits per heavy atom. The van der Waals surface area contributed by atoms with Gasteiger partial charge in [-0.15, -0.1) is 13.2 Å². The number of hydroxylamine groups is 1. The van der Waals surface area contributed by atoms with Crippen LogP contribution in [0.4, 0.5) is 13.2 Å². The first-order valence-corrected chi connectivity index (χ1v) is 16.7. The van der Waals surface area contributed by atoms with Crippen molar-refractivity contribution >= 4 is 15.9 Å². The van der Waals surface area contributed by atoms with Crippen LogP contribution < -0.4 is 15.0 Å². The van der Waals surface area contributed by atoms with Crippen molar-refractivity contribution in [3.05, 3.63) is 54.4 Å². The van der Waals surface area contributed by atoms with Crippen molar-refractivity contribution in [2.75, 3.05) is 32.8 Å². The number of nitrogens with zero attached hydrogens (tertiary/aromatic N) is 3. The highest BCUT2D eigenvalue weighted by Crippen LogP contribution is 2.38. The number of halogens is 3. The van der Waals surface area contributed by atoms with Crippen LogP contribution in [-0.2, 0) is 30.9 Å². The van der Waals surface area contributed by atoms with Gasteiger partial charge in [-0.25, -0.2) is 23.0 Å². The second kappa shape index (κ2) is 14.6. The van der Waals surface area contributed by atoms with Gasteiger partial charge in [0.05, 0.1) is 10.4 Å². The predicted molar refractivity (Wildman–Crippen MR) is 156 cm³/mol. The van der Waals surface area contributed by atoms with Crippen molar-refractivity contribution in [2.24, 2.45) is 0 Å². The van der Waals surface area contributed by atoms with Gasteiger partial charge in [-0.1, -0.05) is 6.07 Å². The number of carbonyl (C=O) groups is 1. The second-order valence-corrected chi connectivity index (χ2v) is 14.0. The summed E-state index contributed by atoms with van der Waals surface area (Å²) in [6.45, 7) is 2.46. The number of hydrogen-bond donors (Lipinski definition) is 1. The maximum atomic E-state index is 14.3. The minimum atomic E-state index is -4.79. The van der Waals surface area contributed by atoms with Crippen LogP contribution in [0.15, 0.2) is 48.7 Å². The minimum absolute atomic E-state index is 0.190. The van der Waals surface area contributed by atoms with Crippen molar-refractivity contribution in [1.29, 1.82) is 0 Å². The van der Waals surface area contributed by atoms with Gasteiger partial charge >= 0.3 is 6.36 Å². The number of benzene rings is 1. The fraction of sp³-hybridized carbons (Fsp3) is 0.600. The summed E-state index contributed by atoms with van der Waals surface area (Å²) in [5.74, 6) is -0.504. The van der Waals surface area contributed by atoms with Gasteiger partial charge in [0.15, 0.2) is 6.29 Å². The van der Waals surface area contributed by atoms with Gasteiger partial charge in [0.1, 0.15) is 17.6 Å². The van der Waals surface area contributed by atoms with E-state index in [1.54, 1.807) is 6.20 Å². The summed E-state index contributed by atoms with van der Waals surface area (Å²) in [6, 6.07) is 10.8. The van der Waals surface area contributed by atoms with Crippen LogP contribution in [0, 0.1) is 0 Å². The van der Waals surface area contributed by atoms with E-state index < -0.39 is 33.3 Å². The number of pyridine rings is 1. The summed E-state index contributed by atoms with van der Waals surface area (Å²) in [4.78, 5) is 25.1. The Morgan fingerprint density at radius 1 is 1.00 bits per heavy atom. The number of nitrogens with one attached hydrogen (secondary N) is 1.